The van der Waals surface area contributed by atoms with Gasteiger partial charge in [-0.1, -0.05) is 6.07 Å². The molecule has 21 nitrogen and oxygen atoms in total. The van der Waals surface area contributed by atoms with Crippen LogP contribution in [0.3, 0.4) is 0 Å². The van der Waals surface area contributed by atoms with Gasteiger partial charge in [0.1, 0.15) is 26.9 Å². The van der Waals surface area contributed by atoms with Crippen molar-refractivity contribution in [1.29, 1.82) is 0 Å². The third-order valence-electron chi connectivity index (χ3n) is 8.92. The van der Waals surface area contributed by atoms with E-state index >= 15 is 0 Å². The zero-order valence-corrected chi connectivity index (χ0v) is 33.7. The van der Waals surface area contributed by atoms with E-state index in [0.29, 0.717) is 34.1 Å². The third-order valence-corrected chi connectivity index (χ3v) is 11.5. The number of hydrogen-bond acceptors (Lipinski definition) is 18. The fourth-order valence-corrected chi connectivity index (χ4v) is 7.87. The molecule has 0 aliphatic heterocycles. The summed E-state index contributed by atoms with van der Waals surface area (Å²) in [5.41, 5.74) is 19.1. The molecule has 0 atom stereocenters. The van der Waals surface area contributed by atoms with Crippen LogP contribution in [0.4, 0.5) is 62.6 Å². The lowest BCUT2D eigenvalue weighted by atomic mass is 10.1. The number of phenols is 2. The van der Waals surface area contributed by atoms with E-state index < -0.39 is 73.6 Å². The summed E-state index contributed by atoms with van der Waals surface area (Å²) in [4.78, 5) is -2.52. The quantitative estimate of drug-likeness (QED) is 0.0332. The van der Waals surface area contributed by atoms with E-state index in [1.807, 2.05) is 0 Å². The van der Waals surface area contributed by atoms with Crippen LogP contribution in [-0.4, -0.2) is 49.1 Å². The number of anilines is 5. The van der Waals surface area contributed by atoms with Crippen molar-refractivity contribution in [3.05, 3.63) is 109 Å². The molecule has 0 aliphatic carbocycles. The summed E-state index contributed by atoms with van der Waals surface area (Å²) in [6, 6.07) is 25.4. The van der Waals surface area contributed by atoms with Crippen LogP contribution >= 0.6 is 0 Å². The fraction of sp³-hybridized carbons (Fsp3) is 0. The largest absolute Gasteiger partial charge is 0.505 e. The minimum absolute atomic E-state index is 0.0700. The number of hydrogen-bond donors (Lipinski definition) is 9. The molecule has 0 bridgehead atoms. The summed E-state index contributed by atoms with van der Waals surface area (Å²) in [7, 11) is -15.0. The Labute approximate surface area is 350 Å². The first kappa shape index (κ1) is 42.5. The van der Waals surface area contributed by atoms with Gasteiger partial charge in [-0.2, -0.15) is 40.6 Å². The average Bonchev–Trinajstić information content (AvgIpc) is 3.19. The predicted octanol–water partition coefficient (Wildman–Crippen LogP) is 8.88. The molecule has 24 heteroatoms. The zero-order chi connectivity index (χ0) is 44.7. The molecule has 0 heterocycles. The lowest BCUT2D eigenvalue weighted by Crippen LogP contribution is -2.02. The molecule has 62 heavy (non-hydrogen) atoms. The van der Waals surface area contributed by atoms with Gasteiger partial charge >= 0.3 is 0 Å². The number of nitrogens with zero attached hydrogens (tertiary/aromatic N) is 6. The van der Waals surface area contributed by atoms with Crippen molar-refractivity contribution in [1.82, 2.24) is 0 Å². The summed E-state index contributed by atoms with van der Waals surface area (Å²) >= 11 is 0. The normalized spacial score (nSPS) is 12.6. The maximum Gasteiger partial charge on any atom is 0.296 e. The van der Waals surface area contributed by atoms with E-state index in [-0.39, 0.29) is 32.9 Å². The maximum atomic E-state index is 12.4. The first-order valence-electron chi connectivity index (χ1n) is 17.3. The number of nitrogens with one attached hydrogen (secondary N) is 1. The Morgan fingerprint density at radius 2 is 0.984 bits per heavy atom. The number of benzene rings is 7. The molecule has 0 radical (unpaired) electrons. The second-order valence-electron chi connectivity index (χ2n) is 13.2. The Morgan fingerprint density at radius 1 is 0.468 bits per heavy atom. The Bertz CT molecular complexity index is 3400. The highest BCUT2D eigenvalue weighted by Crippen LogP contribution is 2.46. The number of rotatable bonds is 11. The van der Waals surface area contributed by atoms with Crippen molar-refractivity contribution in [2.75, 3.05) is 22.5 Å². The van der Waals surface area contributed by atoms with Crippen LogP contribution in [0.2, 0.25) is 0 Å². The summed E-state index contributed by atoms with van der Waals surface area (Å²) in [5.74, 6) is -1.69. The molecule has 316 valence electrons. The highest BCUT2D eigenvalue weighted by molar-refractivity contribution is 7.86. The third kappa shape index (κ3) is 9.09. The van der Waals surface area contributed by atoms with E-state index in [0.717, 1.165) is 24.3 Å². The molecule has 0 saturated carbocycles. The molecular weight excluding hydrogens is 869 g/mol. The van der Waals surface area contributed by atoms with Crippen molar-refractivity contribution in [2.24, 2.45) is 30.7 Å². The second-order valence-corrected chi connectivity index (χ2v) is 17.4. The maximum absolute atomic E-state index is 12.4. The Kier molecular flexibility index (Phi) is 11.0. The second kappa shape index (κ2) is 16.1. The minimum Gasteiger partial charge on any atom is -0.505 e. The lowest BCUT2D eigenvalue weighted by Gasteiger charge is -2.12. The van der Waals surface area contributed by atoms with Crippen molar-refractivity contribution >= 4 is 114 Å². The summed E-state index contributed by atoms with van der Waals surface area (Å²) in [5, 5.41) is 48.9. The van der Waals surface area contributed by atoms with Gasteiger partial charge < -0.3 is 32.7 Å². The molecule has 7 aromatic carbocycles. The lowest BCUT2D eigenvalue weighted by molar-refractivity contribution is 0.471. The number of nitrogens with two attached hydrogens (primary N) is 3. The Morgan fingerprint density at radius 3 is 1.53 bits per heavy atom. The van der Waals surface area contributed by atoms with Gasteiger partial charge in [0, 0.05) is 33.5 Å². The van der Waals surface area contributed by atoms with Gasteiger partial charge in [0.15, 0.2) is 11.5 Å². The average molecular weight is 899 g/mol. The highest BCUT2D eigenvalue weighted by atomic mass is 32.2. The Balaban J connectivity index is 1.16. The number of aromatic hydroxyl groups is 2. The SMILES string of the molecule is Nc1ccc(N=Nc2ccc(Nc3ccc(N=Nc4c(S(=O)(=O)O)cc5ccc(N=Nc6c(S(=O)(=O)O)cc7cc(S(=O)(=O)O)cc(N)c7c6O)cc5c4O)cc3)cc2)c(N)c1. The van der Waals surface area contributed by atoms with Crippen molar-refractivity contribution in [2.45, 2.75) is 14.7 Å². The summed E-state index contributed by atoms with van der Waals surface area (Å²) in [6.45, 7) is 0. The highest BCUT2D eigenvalue weighted by Gasteiger charge is 2.26. The first-order valence-corrected chi connectivity index (χ1v) is 21.7. The van der Waals surface area contributed by atoms with E-state index in [2.05, 4.69) is 36.0 Å². The van der Waals surface area contributed by atoms with E-state index in [4.69, 9.17) is 17.2 Å². The monoisotopic (exact) mass is 898 g/mol. The topological polar surface area (TPSA) is 368 Å². The van der Waals surface area contributed by atoms with Crippen LogP contribution in [0.25, 0.3) is 21.5 Å². The molecule has 0 aromatic heterocycles. The molecule has 0 fully saturated rings. The molecule has 0 aliphatic rings. The van der Waals surface area contributed by atoms with Crippen molar-refractivity contribution in [3.8, 4) is 11.5 Å². The summed E-state index contributed by atoms with van der Waals surface area (Å²) < 4.78 is 102. The summed E-state index contributed by atoms with van der Waals surface area (Å²) in [6.07, 6.45) is 0. The molecule has 7 rings (SSSR count). The van der Waals surface area contributed by atoms with Gasteiger partial charge in [0.05, 0.1) is 27.6 Å². The van der Waals surface area contributed by atoms with E-state index in [1.165, 1.54) is 18.2 Å². The number of nitrogen functional groups attached to an aromatic ring is 3. The van der Waals surface area contributed by atoms with Gasteiger partial charge in [0.2, 0.25) is 0 Å². The van der Waals surface area contributed by atoms with Gasteiger partial charge in [-0.05, 0) is 114 Å². The van der Waals surface area contributed by atoms with E-state index in [9.17, 15) is 49.1 Å². The molecular formula is C38H30N10O11S3. The van der Waals surface area contributed by atoms with Crippen LogP contribution in [0.15, 0.2) is 155 Å². The van der Waals surface area contributed by atoms with Crippen LogP contribution in [0.1, 0.15) is 0 Å². The number of azo groups is 3. The van der Waals surface area contributed by atoms with Crippen LogP contribution < -0.4 is 22.5 Å². The van der Waals surface area contributed by atoms with Crippen LogP contribution in [0.5, 0.6) is 11.5 Å². The van der Waals surface area contributed by atoms with Gasteiger partial charge in [-0.15, -0.1) is 15.3 Å². The number of fused-ring (bicyclic) bond motifs is 2. The first-order chi connectivity index (χ1) is 29.2. The Hall–Kier alpha value is -7.61. The zero-order valence-electron chi connectivity index (χ0n) is 31.2. The smallest absolute Gasteiger partial charge is 0.296 e. The van der Waals surface area contributed by atoms with Gasteiger partial charge in [0.25, 0.3) is 30.4 Å². The molecule has 7 aromatic rings. The molecule has 0 saturated heterocycles. The molecule has 0 spiro atoms. The fourth-order valence-electron chi connectivity index (χ4n) is 6.00. The van der Waals surface area contributed by atoms with Gasteiger partial charge in [-0.3, -0.25) is 13.7 Å². The predicted molar refractivity (Wildman–Crippen MR) is 229 cm³/mol. The minimum atomic E-state index is -5.16. The van der Waals surface area contributed by atoms with Gasteiger partial charge in [-0.25, -0.2) is 0 Å². The van der Waals surface area contributed by atoms with Crippen molar-refractivity contribution in [3.63, 3.8) is 0 Å². The number of phenolic OH excluding ortho intramolecular Hbond substituents is 2. The van der Waals surface area contributed by atoms with Crippen LogP contribution in [0, 0.1) is 0 Å². The molecule has 0 amide bonds. The van der Waals surface area contributed by atoms with E-state index in [1.54, 1.807) is 66.7 Å². The molecule has 0 unspecified atom stereocenters. The standard InChI is InChI=1S/C38H30N10O11S3/c39-21-2-12-31(29(40)16-21)46-43-24-8-4-22(5-9-24)42-23-6-10-25(11-7-23)44-47-35-32(61(54,55)56)14-19-1-3-26(17-28(19)37(35)49)45-48-36-33(62(57,58)59)15-20-13-27(60(51,52)53)18-30(41)34(20)38(36)50/h1-18,42,49-50H,39-41H2,(H,51,52,53)(H,54,55,56)(H,57,58,59). The van der Waals surface area contributed by atoms with Crippen LogP contribution in [-0.2, 0) is 30.4 Å². The molecule has 12 N–H and O–H groups in total. The van der Waals surface area contributed by atoms with Crippen molar-refractivity contribution < 1.29 is 49.1 Å².